The van der Waals surface area contributed by atoms with Gasteiger partial charge in [0.15, 0.2) is 5.65 Å². The van der Waals surface area contributed by atoms with E-state index in [4.69, 9.17) is 4.98 Å². The van der Waals surface area contributed by atoms with Gasteiger partial charge in [-0.15, -0.1) is 0 Å². The number of hydrogen-bond acceptors (Lipinski definition) is 4. The van der Waals surface area contributed by atoms with E-state index >= 15 is 0 Å². The van der Waals surface area contributed by atoms with Crippen LogP contribution in [0.25, 0.3) is 39.4 Å². The normalized spacial score (nSPS) is 11.0. The highest BCUT2D eigenvalue weighted by Gasteiger charge is 2.13. The van der Waals surface area contributed by atoms with Gasteiger partial charge in [0, 0.05) is 35.1 Å². The first-order valence-corrected chi connectivity index (χ1v) is 8.65. The van der Waals surface area contributed by atoms with Crippen molar-refractivity contribution in [1.29, 1.82) is 0 Å². The Morgan fingerprint density at radius 2 is 1.52 bits per heavy atom. The summed E-state index contributed by atoms with van der Waals surface area (Å²) in [6.45, 7) is 0. The Labute approximate surface area is 156 Å². The Hall–Kier alpha value is -3.86. The van der Waals surface area contributed by atoms with Crippen molar-refractivity contribution < 1.29 is 0 Å². The van der Waals surface area contributed by atoms with Crippen LogP contribution in [-0.2, 0) is 0 Å². The number of aromatic nitrogens is 5. The van der Waals surface area contributed by atoms with Crippen LogP contribution in [0.3, 0.4) is 0 Å². The Bertz CT molecular complexity index is 1200. The molecule has 0 spiro atoms. The zero-order valence-electron chi connectivity index (χ0n) is 14.4. The van der Waals surface area contributed by atoms with Crippen molar-refractivity contribution in [2.24, 2.45) is 0 Å². The molecule has 5 rings (SSSR count). The number of imidazole rings is 1. The summed E-state index contributed by atoms with van der Waals surface area (Å²) in [5, 5.41) is 0.900. The van der Waals surface area contributed by atoms with Crippen molar-refractivity contribution in [3.63, 3.8) is 0 Å². The molecule has 2 aromatic carbocycles. The minimum Gasteiger partial charge on any atom is -0.274 e. The van der Waals surface area contributed by atoms with E-state index in [9.17, 15) is 0 Å². The summed E-state index contributed by atoms with van der Waals surface area (Å²) in [5.74, 6) is 0.555. The molecule has 3 aromatic heterocycles. The monoisotopic (exact) mass is 349 g/mol. The highest BCUT2D eigenvalue weighted by molar-refractivity contribution is 5.89. The largest absolute Gasteiger partial charge is 0.274 e. The van der Waals surface area contributed by atoms with Gasteiger partial charge in [-0.2, -0.15) is 4.98 Å². The van der Waals surface area contributed by atoms with E-state index in [1.54, 1.807) is 17.1 Å². The lowest BCUT2D eigenvalue weighted by Gasteiger charge is -2.11. The second kappa shape index (κ2) is 6.46. The maximum atomic E-state index is 4.91. The van der Waals surface area contributed by atoms with E-state index in [-0.39, 0.29) is 0 Å². The summed E-state index contributed by atoms with van der Waals surface area (Å²) in [6.07, 6.45) is 7.01. The van der Waals surface area contributed by atoms with Gasteiger partial charge >= 0.3 is 0 Å². The third-order valence-electron chi connectivity index (χ3n) is 4.42. The molecule has 0 unspecified atom stereocenters. The number of fused-ring (bicyclic) bond motifs is 1. The molecule has 0 aliphatic carbocycles. The molecule has 0 bridgehead atoms. The minimum absolute atomic E-state index is 0.555. The first kappa shape index (κ1) is 15.4. The lowest BCUT2D eigenvalue weighted by atomic mass is 9.98. The van der Waals surface area contributed by atoms with Crippen LogP contribution in [0.5, 0.6) is 0 Å². The Balaban J connectivity index is 1.77. The SMILES string of the molecule is c1ccc(-c2cc3cnc(-n4ccnc4)nc3nc2-c2ccccc2)cc1. The van der Waals surface area contributed by atoms with Gasteiger partial charge < -0.3 is 0 Å². The van der Waals surface area contributed by atoms with Gasteiger partial charge in [-0.05, 0) is 11.6 Å². The van der Waals surface area contributed by atoms with Gasteiger partial charge in [0.25, 0.3) is 0 Å². The third-order valence-corrected chi connectivity index (χ3v) is 4.42. The molecule has 0 saturated heterocycles. The average Bonchev–Trinajstić information content (AvgIpc) is 3.29. The highest BCUT2D eigenvalue weighted by atomic mass is 15.2. The maximum absolute atomic E-state index is 4.91. The maximum Gasteiger partial charge on any atom is 0.236 e. The summed E-state index contributed by atoms with van der Waals surface area (Å²) < 4.78 is 1.77. The van der Waals surface area contributed by atoms with Gasteiger partial charge in [-0.1, -0.05) is 60.7 Å². The molecule has 0 aliphatic rings. The summed E-state index contributed by atoms with van der Waals surface area (Å²) in [7, 11) is 0. The van der Waals surface area contributed by atoms with Crippen molar-refractivity contribution in [3.8, 4) is 28.3 Å². The van der Waals surface area contributed by atoms with Gasteiger partial charge in [0.05, 0.1) is 5.69 Å². The zero-order chi connectivity index (χ0) is 18.1. The first-order chi connectivity index (χ1) is 13.4. The third kappa shape index (κ3) is 2.85. The van der Waals surface area contributed by atoms with E-state index in [1.165, 1.54) is 0 Å². The molecule has 128 valence electrons. The fourth-order valence-corrected chi connectivity index (χ4v) is 3.11. The summed E-state index contributed by atoms with van der Waals surface area (Å²) in [5.41, 5.74) is 4.80. The molecule has 0 amide bonds. The fraction of sp³-hybridized carbons (Fsp3) is 0. The van der Waals surface area contributed by atoms with E-state index in [0.717, 1.165) is 27.8 Å². The van der Waals surface area contributed by atoms with Gasteiger partial charge in [0.1, 0.15) is 6.33 Å². The molecule has 0 radical (unpaired) electrons. The molecule has 5 nitrogen and oxygen atoms in total. The van der Waals surface area contributed by atoms with E-state index < -0.39 is 0 Å². The molecular formula is C22H15N5. The van der Waals surface area contributed by atoms with Gasteiger partial charge in [-0.25, -0.2) is 15.0 Å². The molecule has 27 heavy (non-hydrogen) atoms. The fourth-order valence-electron chi connectivity index (χ4n) is 3.11. The molecule has 5 aromatic rings. The summed E-state index contributed by atoms with van der Waals surface area (Å²) >= 11 is 0. The van der Waals surface area contributed by atoms with Crippen LogP contribution < -0.4 is 0 Å². The lowest BCUT2D eigenvalue weighted by molar-refractivity contribution is 0.936. The number of rotatable bonds is 3. The Morgan fingerprint density at radius 3 is 2.22 bits per heavy atom. The topological polar surface area (TPSA) is 56.5 Å². The van der Waals surface area contributed by atoms with Gasteiger partial charge in [-0.3, -0.25) is 4.57 Å². The van der Waals surface area contributed by atoms with E-state index in [1.807, 2.05) is 48.8 Å². The molecule has 3 heterocycles. The van der Waals surface area contributed by atoms with Crippen LogP contribution in [0.15, 0.2) is 91.6 Å². The Kier molecular flexibility index (Phi) is 3.68. The number of pyridine rings is 1. The first-order valence-electron chi connectivity index (χ1n) is 8.65. The van der Waals surface area contributed by atoms with Crippen LogP contribution in [0.4, 0.5) is 0 Å². The zero-order valence-corrected chi connectivity index (χ0v) is 14.4. The molecule has 0 saturated carbocycles. The van der Waals surface area contributed by atoms with Crippen LogP contribution in [0, 0.1) is 0 Å². The summed E-state index contributed by atoms with van der Waals surface area (Å²) in [4.78, 5) is 18.1. The molecule has 0 fully saturated rings. The molecular weight excluding hydrogens is 334 g/mol. The quantitative estimate of drug-likeness (QED) is 0.480. The predicted octanol–water partition coefficient (Wildman–Crippen LogP) is 4.54. The summed E-state index contributed by atoms with van der Waals surface area (Å²) in [6, 6.07) is 22.6. The van der Waals surface area contributed by atoms with Crippen LogP contribution in [-0.4, -0.2) is 24.5 Å². The lowest BCUT2D eigenvalue weighted by Crippen LogP contribution is -2.01. The van der Waals surface area contributed by atoms with Crippen molar-refractivity contribution in [2.75, 3.05) is 0 Å². The molecule has 0 aliphatic heterocycles. The molecule has 5 heteroatoms. The second-order valence-corrected chi connectivity index (χ2v) is 6.17. The Morgan fingerprint density at radius 1 is 0.778 bits per heavy atom. The number of nitrogens with zero attached hydrogens (tertiary/aromatic N) is 5. The predicted molar refractivity (Wildman–Crippen MR) is 105 cm³/mol. The van der Waals surface area contributed by atoms with Crippen molar-refractivity contribution in [1.82, 2.24) is 24.5 Å². The van der Waals surface area contributed by atoms with Crippen LogP contribution >= 0.6 is 0 Å². The molecule has 0 N–H and O–H groups in total. The van der Waals surface area contributed by atoms with E-state index in [0.29, 0.717) is 11.6 Å². The minimum atomic E-state index is 0.555. The number of hydrogen-bond donors (Lipinski definition) is 0. The smallest absolute Gasteiger partial charge is 0.236 e. The van der Waals surface area contributed by atoms with Crippen LogP contribution in [0.1, 0.15) is 0 Å². The standard InChI is InChI=1S/C22H15N5/c1-3-7-16(8-4-1)19-13-18-14-24-22(27-12-11-23-15-27)26-21(18)25-20(19)17-9-5-2-6-10-17/h1-15H. The van der Waals surface area contributed by atoms with Crippen molar-refractivity contribution in [3.05, 3.63) is 91.6 Å². The highest BCUT2D eigenvalue weighted by Crippen LogP contribution is 2.32. The van der Waals surface area contributed by atoms with Crippen LogP contribution in [0.2, 0.25) is 0 Å². The van der Waals surface area contributed by atoms with E-state index in [2.05, 4.69) is 45.3 Å². The van der Waals surface area contributed by atoms with Gasteiger partial charge in [0.2, 0.25) is 5.95 Å². The second-order valence-electron chi connectivity index (χ2n) is 6.17. The van der Waals surface area contributed by atoms with Crippen molar-refractivity contribution >= 4 is 11.0 Å². The molecule has 0 atom stereocenters. The number of benzene rings is 2. The average molecular weight is 349 g/mol. The van der Waals surface area contributed by atoms with Crippen molar-refractivity contribution in [2.45, 2.75) is 0 Å².